The monoisotopic (exact) mass is 371 g/mol. The van der Waals surface area contributed by atoms with Crippen LogP contribution in [-0.4, -0.2) is 25.3 Å². The summed E-state index contributed by atoms with van der Waals surface area (Å²) in [4.78, 5) is 10.9. The van der Waals surface area contributed by atoms with Crippen molar-refractivity contribution in [3.8, 4) is 17.3 Å². The molecule has 8 nitrogen and oxygen atoms in total. The average Bonchev–Trinajstić information content (AvgIpc) is 3.13. The highest BCUT2D eigenvalue weighted by molar-refractivity contribution is 5.56. The number of hydrogen-bond acceptors (Lipinski definition) is 8. The summed E-state index contributed by atoms with van der Waals surface area (Å²) in [5.74, 6) is -2.67. The highest BCUT2D eigenvalue weighted by atomic mass is 19.4. The maximum absolute atomic E-state index is 14.5. The molecule has 136 valence electrons. The topological polar surface area (TPSA) is 100.0 Å². The molecule has 3 heterocycles. The minimum absolute atomic E-state index is 0.137. The Morgan fingerprint density at radius 1 is 1.15 bits per heavy atom. The van der Waals surface area contributed by atoms with E-state index in [4.69, 9.17) is 9.26 Å². The van der Waals surface area contributed by atoms with Gasteiger partial charge in [0.2, 0.25) is 5.82 Å². The van der Waals surface area contributed by atoms with Gasteiger partial charge in [0.1, 0.15) is 0 Å². The van der Waals surface area contributed by atoms with Gasteiger partial charge in [-0.05, 0) is 18.9 Å². The van der Waals surface area contributed by atoms with E-state index in [1.54, 1.807) is 0 Å². The van der Waals surface area contributed by atoms with E-state index in [1.165, 1.54) is 0 Å². The summed E-state index contributed by atoms with van der Waals surface area (Å²) >= 11 is 0. The lowest BCUT2D eigenvalue weighted by Crippen LogP contribution is -2.05. The van der Waals surface area contributed by atoms with Gasteiger partial charge in [0.05, 0.1) is 5.56 Å². The molecule has 0 aromatic carbocycles. The largest absolute Gasteiger partial charge is 0.471 e. The lowest BCUT2D eigenvalue weighted by molar-refractivity contribution is -0.159. The Hall–Kier alpha value is -3.05. The van der Waals surface area contributed by atoms with Crippen molar-refractivity contribution in [2.45, 2.75) is 31.5 Å². The maximum Gasteiger partial charge on any atom is 0.471 e. The molecule has 3 aromatic heterocycles. The van der Waals surface area contributed by atoms with Gasteiger partial charge in [-0.2, -0.15) is 23.1 Å². The summed E-state index contributed by atoms with van der Waals surface area (Å²) in [6.07, 6.45) is -1.71. The first-order valence-corrected chi connectivity index (χ1v) is 7.43. The minimum Gasteiger partial charge on any atom is -0.465 e. The molecule has 0 radical (unpaired) electrons. The van der Waals surface area contributed by atoms with Crippen LogP contribution in [0.15, 0.2) is 21.3 Å². The van der Waals surface area contributed by atoms with Crippen LogP contribution in [0.4, 0.5) is 17.6 Å². The van der Waals surface area contributed by atoms with Crippen molar-refractivity contribution < 1.29 is 31.3 Å². The summed E-state index contributed by atoms with van der Waals surface area (Å²) < 4.78 is 66.3. The molecule has 12 heteroatoms. The van der Waals surface area contributed by atoms with Crippen LogP contribution >= 0.6 is 0 Å². The number of ether oxygens (including phenoxy) is 1. The number of alkyl halides is 3. The SMILES string of the molecule is Fc1c(-c2noc(C(F)(F)F)n2)ccnc1OCc1nc(C2CC2)no1. The molecule has 4 rings (SSSR count). The van der Waals surface area contributed by atoms with Crippen LogP contribution in [0.1, 0.15) is 36.4 Å². The van der Waals surface area contributed by atoms with E-state index in [1.807, 2.05) is 0 Å². The van der Waals surface area contributed by atoms with Crippen molar-refractivity contribution in [2.24, 2.45) is 0 Å². The summed E-state index contributed by atoms with van der Waals surface area (Å²) in [5.41, 5.74) is -0.349. The molecule has 1 fully saturated rings. The van der Waals surface area contributed by atoms with Crippen LogP contribution in [-0.2, 0) is 12.8 Å². The Morgan fingerprint density at radius 2 is 1.96 bits per heavy atom. The maximum atomic E-state index is 14.5. The standard InChI is InChI=1S/C14H9F4N5O3/c15-9-7(11-21-13(26-23-11)14(16,17)18)3-4-19-12(9)24-5-8-20-10(22-25-8)6-1-2-6/h3-4,6H,1-2,5H2. The van der Waals surface area contributed by atoms with Gasteiger partial charge < -0.3 is 13.8 Å². The molecule has 0 spiro atoms. The van der Waals surface area contributed by atoms with Gasteiger partial charge in [-0.3, -0.25) is 0 Å². The first-order chi connectivity index (χ1) is 12.4. The average molecular weight is 371 g/mol. The first kappa shape index (κ1) is 16.4. The molecular formula is C14H9F4N5O3. The van der Waals surface area contributed by atoms with Gasteiger partial charge in [-0.15, -0.1) is 0 Å². The molecule has 26 heavy (non-hydrogen) atoms. The Labute approximate surface area is 142 Å². The number of hydrogen-bond donors (Lipinski definition) is 0. The molecule has 0 saturated heterocycles. The number of halogens is 4. The predicted molar refractivity (Wildman–Crippen MR) is 73.1 cm³/mol. The van der Waals surface area contributed by atoms with Crippen molar-refractivity contribution in [2.75, 3.05) is 0 Å². The molecule has 0 atom stereocenters. The van der Waals surface area contributed by atoms with Crippen LogP contribution in [0.5, 0.6) is 5.88 Å². The van der Waals surface area contributed by atoms with E-state index in [-0.39, 0.29) is 24.0 Å². The van der Waals surface area contributed by atoms with Crippen LogP contribution in [0.3, 0.4) is 0 Å². The molecule has 0 unspecified atom stereocenters. The van der Waals surface area contributed by atoms with Gasteiger partial charge in [-0.1, -0.05) is 10.3 Å². The number of aromatic nitrogens is 5. The number of rotatable bonds is 5. The highest BCUT2D eigenvalue weighted by Crippen LogP contribution is 2.38. The molecule has 0 aliphatic heterocycles. The molecule has 1 saturated carbocycles. The molecule has 1 aliphatic rings. The summed E-state index contributed by atoms with van der Waals surface area (Å²) in [7, 11) is 0. The Bertz CT molecular complexity index is 935. The number of nitrogens with zero attached hydrogens (tertiary/aromatic N) is 5. The van der Waals surface area contributed by atoms with E-state index in [0.29, 0.717) is 5.82 Å². The lowest BCUT2D eigenvalue weighted by atomic mass is 10.2. The van der Waals surface area contributed by atoms with E-state index >= 15 is 0 Å². The normalized spacial score (nSPS) is 14.6. The fourth-order valence-electron chi connectivity index (χ4n) is 2.11. The van der Waals surface area contributed by atoms with E-state index < -0.39 is 29.6 Å². The predicted octanol–water partition coefficient (Wildman–Crippen LogP) is 3.13. The van der Waals surface area contributed by atoms with E-state index in [9.17, 15) is 17.6 Å². The van der Waals surface area contributed by atoms with Crippen molar-refractivity contribution in [1.82, 2.24) is 25.3 Å². The van der Waals surface area contributed by atoms with E-state index in [0.717, 1.165) is 25.1 Å². The second-order valence-corrected chi connectivity index (χ2v) is 5.51. The molecule has 1 aliphatic carbocycles. The molecule has 3 aromatic rings. The fourth-order valence-corrected chi connectivity index (χ4v) is 2.11. The van der Waals surface area contributed by atoms with Crippen LogP contribution in [0, 0.1) is 5.82 Å². The minimum atomic E-state index is -4.83. The Morgan fingerprint density at radius 3 is 2.65 bits per heavy atom. The Kier molecular flexibility index (Phi) is 3.81. The van der Waals surface area contributed by atoms with Gasteiger partial charge >= 0.3 is 12.1 Å². The van der Waals surface area contributed by atoms with Crippen LogP contribution < -0.4 is 4.74 Å². The third-order valence-corrected chi connectivity index (χ3v) is 3.53. The fraction of sp³-hybridized carbons (Fsp3) is 0.357. The quantitative estimate of drug-likeness (QED) is 0.631. The van der Waals surface area contributed by atoms with Crippen molar-refractivity contribution in [1.29, 1.82) is 0 Å². The van der Waals surface area contributed by atoms with Crippen LogP contribution in [0.2, 0.25) is 0 Å². The zero-order chi connectivity index (χ0) is 18.3. The molecule has 0 amide bonds. The van der Waals surface area contributed by atoms with E-state index in [2.05, 4.69) is 29.8 Å². The highest BCUT2D eigenvalue weighted by Gasteiger charge is 2.39. The second kappa shape index (κ2) is 6.04. The van der Waals surface area contributed by atoms with Gasteiger partial charge in [0.25, 0.3) is 11.8 Å². The van der Waals surface area contributed by atoms with Gasteiger partial charge in [0.15, 0.2) is 18.2 Å². The molecular weight excluding hydrogens is 362 g/mol. The second-order valence-electron chi connectivity index (χ2n) is 5.51. The van der Waals surface area contributed by atoms with Crippen molar-refractivity contribution in [3.05, 3.63) is 35.7 Å². The van der Waals surface area contributed by atoms with Crippen LogP contribution in [0.25, 0.3) is 11.4 Å². The first-order valence-electron chi connectivity index (χ1n) is 7.43. The van der Waals surface area contributed by atoms with Crippen molar-refractivity contribution >= 4 is 0 Å². The molecule has 0 N–H and O–H groups in total. The lowest BCUT2D eigenvalue weighted by Gasteiger charge is -2.05. The van der Waals surface area contributed by atoms with Crippen molar-refractivity contribution in [3.63, 3.8) is 0 Å². The zero-order valence-corrected chi connectivity index (χ0v) is 12.8. The third kappa shape index (κ3) is 3.21. The summed E-state index contributed by atoms with van der Waals surface area (Å²) in [6, 6.07) is 1.10. The molecule has 0 bridgehead atoms. The third-order valence-electron chi connectivity index (χ3n) is 3.53. The van der Waals surface area contributed by atoms with Gasteiger partial charge in [0, 0.05) is 12.1 Å². The smallest absolute Gasteiger partial charge is 0.465 e. The zero-order valence-electron chi connectivity index (χ0n) is 12.8. The summed E-state index contributed by atoms with van der Waals surface area (Å²) in [6.45, 7) is -0.243. The van der Waals surface area contributed by atoms with Gasteiger partial charge in [-0.25, -0.2) is 9.37 Å². The summed E-state index contributed by atoms with van der Waals surface area (Å²) in [5, 5.41) is 6.92. The number of pyridine rings is 1. The Balaban J connectivity index is 1.52.